The van der Waals surface area contributed by atoms with Crippen LogP contribution in [0.2, 0.25) is 0 Å². The predicted molar refractivity (Wildman–Crippen MR) is 52.9 cm³/mol. The van der Waals surface area contributed by atoms with Crippen molar-refractivity contribution in [3.8, 4) is 0 Å². The Morgan fingerprint density at radius 3 is 2.73 bits per heavy atom. The Hall–Kier alpha value is 0.930. The van der Waals surface area contributed by atoms with Gasteiger partial charge >= 0.3 is 0 Å². The average Bonchev–Trinajstić information content (AvgIpc) is 2.02. The second kappa shape index (κ2) is 3.35. The number of rotatable bonds is 0. The summed E-state index contributed by atoms with van der Waals surface area (Å²) in [6.45, 7) is 0. The van der Waals surface area contributed by atoms with Crippen LogP contribution in [-0.2, 0) is 0 Å². The summed E-state index contributed by atoms with van der Waals surface area (Å²) in [6, 6.07) is 0. The molecular weight excluding hydrogens is 199 g/mol. The molecule has 0 nitrogen and oxygen atoms in total. The maximum atomic E-state index is 6.17. The first-order chi connectivity index (χ1) is 5.27. The van der Waals surface area contributed by atoms with Crippen molar-refractivity contribution in [2.75, 3.05) is 5.75 Å². The van der Waals surface area contributed by atoms with E-state index in [2.05, 4.69) is 0 Å². The van der Waals surface area contributed by atoms with Gasteiger partial charge in [-0.1, -0.05) is 0 Å². The summed E-state index contributed by atoms with van der Waals surface area (Å²) in [5, 5.41) is 1.53. The number of fused-ring (bicyclic) bond motifs is 2. The summed E-state index contributed by atoms with van der Waals surface area (Å²) in [5.41, 5.74) is 0. The second-order valence-corrected chi connectivity index (χ2v) is 5.87. The molecule has 0 aromatic heterocycles. The van der Waals surface area contributed by atoms with Crippen LogP contribution in [0.25, 0.3) is 0 Å². The van der Waals surface area contributed by atoms with E-state index in [1.54, 1.807) is 0 Å². The molecule has 4 atom stereocenters. The first-order valence-corrected chi connectivity index (χ1v) is 6.09. The van der Waals surface area contributed by atoms with Gasteiger partial charge < -0.3 is 0 Å². The number of halogens is 2. The van der Waals surface area contributed by atoms with Gasteiger partial charge in [0.2, 0.25) is 0 Å². The van der Waals surface area contributed by atoms with Gasteiger partial charge in [-0.05, 0) is 25.2 Å². The van der Waals surface area contributed by atoms with E-state index >= 15 is 0 Å². The lowest BCUT2D eigenvalue weighted by molar-refractivity contribution is 0.356. The number of hydrogen-bond acceptors (Lipinski definition) is 1. The highest BCUT2D eigenvalue weighted by Crippen LogP contribution is 2.43. The lowest BCUT2D eigenvalue weighted by Gasteiger charge is -2.39. The molecule has 0 aromatic carbocycles. The third-order valence-corrected chi connectivity index (χ3v) is 5.60. The van der Waals surface area contributed by atoms with Crippen molar-refractivity contribution in [1.29, 1.82) is 0 Å². The van der Waals surface area contributed by atoms with Gasteiger partial charge in [0.25, 0.3) is 0 Å². The summed E-state index contributed by atoms with van der Waals surface area (Å²) < 4.78 is 0. The minimum absolute atomic E-state index is 0.417. The van der Waals surface area contributed by atoms with Crippen LogP contribution in [0.5, 0.6) is 0 Å². The Balaban J connectivity index is 2.02. The van der Waals surface area contributed by atoms with Gasteiger partial charge in [0.05, 0.1) is 0 Å². The molecule has 11 heavy (non-hydrogen) atoms. The van der Waals surface area contributed by atoms with Crippen molar-refractivity contribution < 1.29 is 0 Å². The fraction of sp³-hybridized carbons (Fsp3) is 1.00. The molecule has 2 rings (SSSR count). The third-order valence-electron chi connectivity index (χ3n) is 2.73. The van der Waals surface area contributed by atoms with E-state index < -0.39 is 0 Å². The average molecular weight is 211 g/mol. The predicted octanol–water partition coefficient (Wildman–Crippen LogP) is 3.12. The van der Waals surface area contributed by atoms with Crippen LogP contribution in [0, 0.1) is 5.92 Å². The zero-order valence-corrected chi connectivity index (χ0v) is 8.63. The fourth-order valence-corrected chi connectivity index (χ4v) is 4.30. The summed E-state index contributed by atoms with van der Waals surface area (Å²) in [6.07, 6.45) is 3.68. The molecule has 1 heterocycles. The Bertz CT molecular complexity index is 135. The summed E-state index contributed by atoms with van der Waals surface area (Å²) in [4.78, 5) is 0. The van der Waals surface area contributed by atoms with Crippen molar-refractivity contribution in [3.05, 3.63) is 0 Å². The molecule has 0 spiro atoms. The molecule has 0 radical (unpaired) electrons. The minimum Gasteiger partial charge on any atom is -0.155 e. The van der Waals surface area contributed by atoms with Gasteiger partial charge in [-0.3, -0.25) is 0 Å². The van der Waals surface area contributed by atoms with Crippen LogP contribution < -0.4 is 0 Å². The Kier molecular flexibility index (Phi) is 2.60. The van der Waals surface area contributed by atoms with E-state index in [9.17, 15) is 0 Å². The summed E-state index contributed by atoms with van der Waals surface area (Å²) in [5.74, 6) is 1.87. The molecule has 0 N–H and O–H groups in total. The maximum absolute atomic E-state index is 6.17. The van der Waals surface area contributed by atoms with Crippen molar-refractivity contribution in [3.63, 3.8) is 0 Å². The molecule has 2 bridgehead atoms. The highest BCUT2D eigenvalue weighted by molar-refractivity contribution is 8.00. The molecule has 1 saturated heterocycles. The molecule has 1 saturated carbocycles. The first kappa shape index (κ1) is 8.52. The molecule has 1 aliphatic carbocycles. The molecule has 0 amide bonds. The van der Waals surface area contributed by atoms with Crippen LogP contribution in [0.3, 0.4) is 0 Å². The van der Waals surface area contributed by atoms with Crippen LogP contribution in [0.15, 0.2) is 0 Å². The molecule has 1 aliphatic heterocycles. The van der Waals surface area contributed by atoms with Gasteiger partial charge in [-0.2, -0.15) is 11.8 Å². The minimum atomic E-state index is 0.417. The molecule has 4 unspecified atom stereocenters. The molecule has 3 heteroatoms. The fourth-order valence-electron chi connectivity index (χ4n) is 1.98. The normalized spacial score (nSPS) is 50.7. The second-order valence-electron chi connectivity index (χ2n) is 3.48. The van der Waals surface area contributed by atoms with Gasteiger partial charge in [0.15, 0.2) is 0 Å². The van der Waals surface area contributed by atoms with Crippen LogP contribution >= 0.6 is 35.0 Å². The molecular formula is C8H12Cl2S. The van der Waals surface area contributed by atoms with Gasteiger partial charge in [0.1, 0.15) is 0 Å². The van der Waals surface area contributed by atoms with E-state index in [4.69, 9.17) is 23.2 Å². The molecule has 64 valence electrons. The van der Waals surface area contributed by atoms with E-state index in [0.29, 0.717) is 16.0 Å². The Labute approximate surface area is 82.0 Å². The quantitative estimate of drug-likeness (QED) is 0.555. The third kappa shape index (κ3) is 1.66. The smallest absolute Gasteiger partial charge is 0.0455 e. The van der Waals surface area contributed by atoms with E-state index in [1.165, 1.54) is 19.3 Å². The molecule has 0 aromatic rings. The summed E-state index contributed by atoms with van der Waals surface area (Å²) in [7, 11) is 0. The SMILES string of the molecule is ClC1CSC2CC1CCC2Cl. The topological polar surface area (TPSA) is 0 Å². The largest absolute Gasteiger partial charge is 0.155 e. The van der Waals surface area contributed by atoms with E-state index in [-0.39, 0.29) is 0 Å². The Morgan fingerprint density at radius 2 is 1.91 bits per heavy atom. The zero-order valence-electron chi connectivity index (χ0n) is 6.30. The van der Waals surface area contributed by atoms with Crippen LogP contribution in [0.4, 0.5) is 0 Å². The Morgan fingerprint density at radius 1 is 1.09 bits per heavy atom. The zero-order chi connectivity index (χ0) is 7.84. The highest BCUT2D eigenvalue weighted by Gasteiger charge is 2.37. The van der Waals surface area contributed by atoms with Gasteiger partial charge in [-0.25, -0.2) is 0 Å². The van der Waals surface area contributed by atoms with Crippen molar-refractivity contribution in [1.82, 2.24) is 0 Å². The van der Waals surface area contributed by atoms with Crippen LogP contribution in [-0.4, -0.2) is 21.8 Å². The van der Waals surface area contributed by atoms with E-state index in [0.717, 1.165) is 11.7 Å². The maximum Gasteiger partial charge on any atom is 0.0455 e. The molecule has 2 fully saturated rings. The first-order valence-electron chi connectivity index (χ1n) is 4.17. The van der Waals surface area contributed by atoms with Crippen LogP contribution in [0.1, 0.15) is 19.3 Å². The van der Waals surface area contributed by atoms with Gasteiger partial charge in [0, 0.05) is 21.8 Å². The monoisotopic (exact) mass is 210 g/mol. The van der Waals surface area contributed by atoms with Gasteiger partial charge in [-0.15, -0.1) is 23.2 Å². The van der Waals surface area contributed by atoms with Crippen molar-refractivity contribution >= 4 is 35.0 Å². The van der Waals surface area contributed by atoms with E-state index in [1.807, 2.05) is 11.8 Å². The summed E-state index contributed by atoms with van der Waals surface area (Å²) >= 11 is 14.3. The molecule has 2 aliphatic rings. The lowest BCUT2D eigenvalue weighted by Crippen LogP contribution is -2.37. The highest BCUT2D eigenvalue weighted by atomic mass is 35.5. The number of hydrogen-bond donors (Lipinski definition) is 0. The van der Waals surface area contributed by atoms with Crippen molar-refractivity contribution in [2.45, 2.75) is 35.3 Å². The lowest BCUT2D eigenvalue weighted by atomic mass is 9.86. The van der Waals surface area contributed by atoms with Crippen molar-refractivity contribution in [2.24, 2.45) is 5.92 Å². The standard InChI is InChI=1S/C8H12Cl2S/c9-6-2-1-5-3-8(6)11-4-7(5)10/h5-8H,1-4H2. The number of alkyl halides is 2. The number of thioether (sulfide) groups is 1.